The van der Waals surface area contributed by atoms with Gasteiger partial charge in [-0.3, -0.25) is 0 Å². The summed E-state index contributed by atoms with van der Waals surface area (Å²) >= 11 is 0. The Bertz CT molecular complexity index is 402. The van der Waals surface area contributed by atoms with Crippen LogP contribution in [0.25, 0.3) is 0 Å². The van der Waals surface area contributed by atoms with Crippen molar-refractivity contribution in [2.45, 2.75) is 26.4 Å². The van der Waals surface area contributed by atoms with Crippen molar-refractivity contribution < 1.29 is 14.6 Å². The number of carbonyl (C=O) groups is 1. The molecule has 3 heteroatoms. The molecule has 0 spiro atoms. The van der Waals surface area contributed by atoms with Gasteiger partial charge in [-0.15, -0.1) is 0 Å². The molecule has 0 unspecified atom stereocenters. The van der Waals surface area contributed by atoms with Gasteiger partial charge in [-0.25, -0.2) is 4.79 Å². The van der Waals surface area contributed by atoms with Crippen LogP contribution in [0.1, 0.15) is 26.3 Å². The van der Waals surface area contributed by atoms with E-state index in [-0.39, 0.29) is 5.75 Å². The van der Waals surface area contributed by atoms with Gasteiger partial charge in [-0.2, -0.15) is 0 Å². The van der Waals surface area contributed by atoms with Crippen LogP contribution >= 0.6 is 0 Å². The van der Waals surface area contributed by atoms with Crippen molar-refractivity contribution in [3.63, 3.8) is 0 Å². The van der Waals surface area contributed by atoms with E-state index in [1.165, 1.54) is 0 Å². The summed E-state index contributed by atoms with van der Waals surface area (Å²) in [6.45, 7) is 8.72. The molecule has 3 nitrogen and oxygen atoms in total. The Kier molecular flexibility index (Phi) is 3.38. The minimum Gasteiger partial charge on any atom is -0.508 e. The molecule has 1 N–H and O–H groups in total. The van der Waals surface area contributed by atoms with Gasteiger partial charge in [0.1, 0.15) is 11.4 Å². The third kappa shape index (κ3) is 2.86. The van der Waals surface area contributed by atoms with Crippen molar-refractivity contribution in [3.05, 3.63) is 42.0 Å². The van der Waals surface area contributed by atoms with E-state index in [9.17, 15) is 9.90 Å². The molecule has 0 atom stereocenters. The first kappa shape index (κ1) is 12.3. The number of carbonyl (C=O) groups excluding carboxylic acids is 1. The number of rotatable bonds is 3. The van der Waals surface area contributed by atoms with E-state index in [4.69, 9.17) is 4.74 Å². The molecule has 0 aliphatic heterocycles. The lowest BCUT2D eigenvalue weighted by atomic mass is 9.98. The van der Waals surface area contributed by atoms with Crippen LogP contribution in [0.2, 0.25) is 0 Å². The summed E-state index contributed by atoms with van der Waals surface area (Å²) in [7, 11) is 0. The number of aromatic hydroxyl groups is 1. The summed E-state index contributed by atoms with van der Waals surface area (Å²) in [5, 5.41) is 9.17. The summed E-state index contributed by atoms with van der Waals surface area (Å²) in [6, 6.07) is 6.57. The summed E-state index contributed by atoms with van der Waals surface area (Å²) < 4.78 is 5.31. The average Bonchev–Trinajstić information content (AvgIpc) is 2.17. The maximum absolute atomic E-state index is 11.4. The van der Waals surface area contributed by atoms with Gasteiger partial charge < -0.3 is 9.84 Å². The predicted octanol–water partition coefficient (Wildman–Crippen LogP) is 2.75. The molecule has 0 radical (unpaired) electrons. The molecule has 86 valence electrons. The van der Waals surface area contributed by atoms with E-state index in [2.05, 4.69) is 6.58 Å². The third-order valence-corrected chi connectivity index (χ3v) is 2.26. The summed E-state index contributed by atoms with van der Waals surface area (Å²) in [6.07, 6.45) is 0. The smallest absolute Gasteiger partial charge is 0.333 e. The van der Waals surface area contributed by atoms with E-state index in [1.807, 2.05) is 0 Å². The topological polar surface area (TPSA) is 46.5 Å². The van der Waals surface area contributed by atoms with Crippen LogP contribution in [0, 0.1) is 0 Å². The van der Waals surface area contributed by atoms with E-state index in [1.54, 1.807) is 45.0 Å². The third-order valence-electron chi connectivity index (χ3n) is 2.26. The first-order valence-electron chi connectivity index (χ1n) is 5.01. The Hall–Kier alpha value is -1.77. The van der Waals surface area contributed by atoms with E-state index >= 15 is 0 Å². The molecule has 16 heavy (non-hydrogen) atoms. The van der Waals surface area contributed by atoms with Crippen LogP contribution in [-0.4, -0.2) is 11.1 Å². The van der Waals surface area contributed by atoms with Crippen molar-refractivity contribution in [2.24, 2.45) is 0 Å². The molecule has 1 aromatic carbocycles. The highest BCUT2D eigenvalue weighted by Gasteiger charge is 2.25. The zero-order valence-corrected chi connectivity index (χ0v) is 9.78. The van der Waals surface area contributed by atoms with Gasteiger partial charge in [-0.05, 0) is 38.5 Å². The highest BCUT2D eigenvalue weighted by atomic mass is 16.6. The summed E-state index contributed by atoms with van der Waals surface area (Å²) in [5.74, 6) is -0.233. The van der Waals surface area contributed by atoms with Crippen LogP contribution in [0.4, 0.5) is 0 Å². The van der Waals surface area contributed by atoms with Gasteiger partial charge in [-0.1, -0.05) is 18.7 Å². The molecule has 1 rings (SSSR count). The SMILES string of the molecule is C=C(C)C(=O)OC(C)(C)c1ccc(O)cc1. The zero-order chi connectivity index (χ0) is 12.3. The molecule has 1 aromatic rings. The Morgan fingerprint density at radius 1 is 1.31 bits per heavy atom. The molecule has 0 bridgehead atoms. The molecule has 0 aliphatic carbocycles. The molecular formula is C13H16O3. The minimum atomic E-state index is -0.732. The molecule has 0 amide bonds. The number of hydrogen-bond acceptors (Lipinski definition) is 3. The van der Waals surface area contributed by atoms with Crippen LogP contribution in [-0.2, 0) is 15.1 Å². The van der Waals surface area contributed by atoms with E-state index in [0.29, 0.717) is 5.57 Å². The second kappa shape index (κ2) is 4.39. The van der Waals surface area contributed by atoms with E-state index < -0.39 is 11.6 Å². The fourth-order valence-electron chi connectivity index (χ4n) is 1.24. The second-order valence-corrected chi connectivity index (χ2v) is 4.23. The Morgan fingerprint density at radius 3 is 2.25 bits per heavy atom. The normalized spacial score (nSPS) is 10.9. The van der Waals surface area contributed by atoms with Crippen LogP contribution in [0.3, 0.4) is 0 Å². The summed E-state index contributed by atoms with van der Waals surface area (Å²) in [4.78, 5) is 11.4. The molecule has 0 aliphatic rings. The fourth-order valence-corrected chi connectivity index (χ4v) is 1.24. The lowest BCUT2D eigenvalue weighted by Crippen LogP contribution is -2.25. The molecular weight excluding hydrogens is 204 g/mol. The van der Waals surface area contributed by atoms with E-state index in [0.717, 1.165) is 5.56 Å². The Labute approximate surface area is 95.4 Å². The second-order valence-electron chi connectivity index (χ2n) is 4.23. The standard InChI is InChI=1S/C13H16O3/c1-9(2)12(15)16-13(3,4)10-5-7-11(14)8-6-10/h5-8,14H,1H2,2-4H3. The van der Waals surface area contributed by atoms with Crippen molar-refractivity contribution in [1.82, 2.24) is 0 Å². The number of benzene rings is 1. The van der Waals surface area contributed by atoms with Crippen molar-refractivity contribution in [1.29, 1.82) is 0 Å². The van der Waals surface area contributed by atoms with Gasteiger partial charge in [0.05, 0.1) is 0 Å². The quantitative estimate of drug-likeness (QED) is 0.629. The van der Waals surface area contributed by atoms with Crippen LogP contribution < -0.4 is 0 Å². The van der Waals surface area contributed by atoms with Gasteiger partial charge in [0.2, 0.25) is 0 Å². The molecule has 0 fully saturated rings. The molecule has 0 aromatic heterocycles. The van der Waals surface area contributed by atoms with Crippen molar-refractivity contribution in [3.8, 4) is 5.75 Å². The largest absolute Gasteiger partial charge is 0.508 e. The molecule has 0 heterocycles. The maximum atomic E-state index is 11.4. The first-order valence-corrected chi connectivity index (χ1v) is 5.01. The van der Waals surface area contributed by atoms with Crippen LogP contribution in [0.5, 0.6) is 5.75 Å². The minimum absolute atomic E-state index is 0.186. The zero-order valence-electron chi connectivity index (χ0n) is 9.78. The van der Waals surface area contributed by atoms with Crippen LogP contribution in [0.15, 0.2) is 36.4 Å². The number of hydrogen-bond donors (Lipinski definition) is 1. The fraction of sp³-hybridized carbons (Fsp3) is 0.308. The maximum Gasteiger partial charge on any atom is 0.333 e. The average molecular weight is 220 g/mol. The lowest BCUT2D eigenvalue weighted by molar-refractivity contribution is -0.152. The van der Waals surface area contributed by atoms with Gasteiger partial charge in [0.25, 0.3) is 0 Å². The van der Waals surface area contributed by atoms with Gasteiger partial charge >= 0.3 is 5.97 Å². The number of esters is 1. The monoisotopic (exact) mass is 220 g/mol. The van der Waals surface area contributed by atoms with Crippen molar-refractivity contribution in [2.75, 3.05) is 0 Å². The molecule has 0 saturated heterocycles. The first-order chi connectivity index (χ1) is 7.33. The number of phenolic OH excluding ortho intramolecular Hbond substituents is 1. The highest BCUT2D eigenvalue weighted by molar-refractivity contribution is 5.87. The van der Waals surface area contributed by atoms with Gasteiger partial charge in [0, 0.05) is 5.57 Å². The summed E-state index contributed by atoms with van der Waals surface area (Å²) in [5.41, 5.74) is 0.454. The number of phenols is 1. The highest BCUT2D eigenvalue weighted by Crippen LogP contribution is 2.26. The Morgan fingerprint density at radius 2 is 1.81 bits per heavy atom. The lowest BCUT2D eigenvalue weighted by Gasteiger charge is -2.25. The predicted molar refractivity (Wildman–Crippen MR) is 62.0 cm³/mol. The number of ether oxygens (including phenoxy) is 1. The molecule has 0 saturated carbocycles. The Balaban J connectivity index is 2.89. The van der Waals surface area contributed by atoms with Gasteiger partial charge in [0.15, 0.2) is 0 Å². The van der Waals surface area contributed by atoms with Crippen molar-refractivity contribution >= 4 is 5.97 Å².